The Morgan fingerprint density at radius 1 is 1.11 bits per heavy atom. The Bertz CT molecular complexity index is 251. The van der Waals surface area contributed by atoms with Crippen LogP contribution in [0.4, 0.5) is 4.79 Å². The fraction of sp³-hybridized carbons (Fsp3) is 0.692. The quantitative estimate of drug-likeness (QED) is 0.452. The number of hydrogen-bond acceptors (Lipinski definition) is 4. The second-order valence-corrected chi connectivity index (χ2v) is 3.50. The molecule has 0 spiro atoms. The molecule has 0 aliphatic heterocycles. The third kappa shape index (κ3) is 14.5. The monoisotopic (exact) mass is 259 g/mol. The molecule has 0 aliphatic carbocycles. The van der Waals surface area contributed by atoms with Crippen molar-refractivity contribution in [2.24, 2.45) is 0 Å². The van der Waals surface area contributed by atoms with Crippen molar-refractivity contribution in [3.05, 3.63) is 12.2 Å². The first kappa shape index (κ1) is 18.8. The van der Waals surface area contributed by atoms with Crippen molar-refractivity contribution in [1.29, 1.82) is 0 Å². The van der Waals surface area contributed by atoms with Gasteiger partial charge in [0.25, 0.3) is 0 Å². The molecule has 0 saturated heterocycles. The van der Waals surface area contributed by atoms with Crippen molar-refractivity contribution in [3.8, 4) is 0 Å². The van der Waals surface area contributed by atoms with Crippen LogP contribution in [-0.4, -0.2) is 31.8 Å². The van der Waals surface area contributed by atoms with Crippen LogP contribution in [0.5, 0.6) is 0 Å². The number of hydrogen-bond donors (Lipinski definition) is 1. The Hall–Kier alpha value is -1.52. The minimum absolute atomic E-state index is 0.309. The molecule has 1 amide bonds. The largest absolute Gasteiger partial charge is 0.463 e. The van der Waals surface area contributed by atoms with Gasteiger partial charge in [0.15, 0.2) is 0 Å². The molecule has 0 fully saturated rings. The van der Waals surface area contributed by atoms with Gasteiger partial charge in [-0.2, -0.15) is 0 Å². The Morgan fingerprint density at radius 2 is 1.67 bits per heavy atom. The number of carbonyl (C=O) groups excluding carboxylic acids is 2. The van der Waals surface area contributed by atoms with Crippen LogP contribution >= 0.6 is 0 Å². The van der Waals surface area contributed by atoms with Gasteiger partial charge in [0.1, 0.15) is 0 Å². The van der Waals surface area contributed by atoms with Gasteiger partial charge in [0.05, 0.1) is 13.2 Å². The summed E-state index contributed by atoms with van der Waals surface area (Å²) in [5, 5.41) is 2.62. The van der Waals surface area contributed by atoms with Gasteiger partial charge in [-0.05, 0) is 27.2 Å². The Kier molecular flexibility index (Phi) is 14.2. The van der Waals surface area contributed by atoms with E-state index in [1.165, 1.54) is 0 Å². The summed E-state index contributed by atoms with van der Waals surface area (Å²) >= 11 is 0. The number of esters is 1. The normalized spacial score (nSPS) is 8.67. The predicted molar refractivity (Wildman–Crippen MR) is 71.4 cm³/mol. The van der Waals surface area contributed by atoms with Crippen molar-refractivity contribution >= 4 is 12.1 Å². The molecule has 0 bridgehead atoms. The first-order valence-corrected chi connectivity index (χ1v) is 6.22. The lowest BCUT2D eigenvalue weighted by atomic mass is 10.3. The standard InChI is InChI=1S/C7H15NO2.C6H10O2/c1-3-5-6-8-7(9)10-4-2;1-4-8-6(7)5(2)3/h3-6H2,1-2H3,(H,8,9);2,4H2,1,3H3. The Labute approximate surface area is 110 Å². The lowest BCUT2D eigenvalue weighted by Crippen LogP contribution is -2.24. The summed E-state index contributed by atoms with van der Waals surface area (Å²) < 4.78 is 9.20. The highest BCUT2D eigenvalue weighted by atomic mass is 16.5. The third-order valence-electron chi connectivity index (χ3n) is 1.70. The molecule has 0 atom stereocenters. The van der Waals surface area contributed by atoms with Crippen molar-refractivity contribution in [1.82, 2.24) is 5.32 Å². The zero-order valence-electron chi connectivity index (χ0n) is 11.9. The van der Waals surface area contributed by atoms with E-state index >= 15 is 0 Å². The highest BCUT2D eigenvalue weighted by Gasteiger charge is 1.98. The first-order chi connectivity index (χ1) is 8.49. The average molecular weight is 259 g/mol. The summed E-state index contributed by atoms with van der Waals surface area (Å²) in [6, 6.07) is 0. The summed E-state index contributed by atoms with van der Waals surface area (Å²) in [4.78, 5) is 21.0. The Morgan fingerprint density at radius 3 is 2.00 bits per heavy atom. The molecular formula is C13H25NO4. The fourth-order valence-electron chi connectivity index (χ4n) is 0.804. The SMILES string of the molecule is C=C(C)C(=O)OCC.CCCCNC(=O)OCC. The molecule has 106 valence electrons. The maximum Gasteiger partial charge on any atom is 0.407 e. The fourth-order valence-corrected chi connectivity index (χ4v) is 0.804. The van der Waals surface area contributed by atoms with E-state index in [1.54, 1.807) is 20.8 Å². The van der Waals surface area contributed by atoms with Crippen molar-refractivity contribution in [3.63, 3.8) is 0 Å². The summed E-state index contributed by atoms with van der Waals surface area (Å²) in [7, 11) is 0. The molecule has 0 radical (unpaired) electrons. The zero-order valence-corrected chi connectivity index (χ0v) is 11.9. The van der Waals surface area contributed by atoms with Crippen LogP contribution < -0.4 is 5.32 Å². The van der Waals surface area contributed by atoms with Gasteiger partial charge in [-0.3, -0.25) is 0 Å². The predicted octanol–water partition coefficient (Wildman–Crippen LogP) is 2.66. The number of ether oxygens (including phenoxy) is 2. The second-order valence-electron chi connectivity index (χ2n) is 3.50. The number of alkyl carbamates (subject to hydrolysis) is 1. The molecule has 0 aliphatic rings. The lowest BCUT2D eigenvalue weighted by Gasteiger charge is -2.02. The number of nitrogens with one attached hydrogen (secondary N) is 1. The van der Waals surface area contributed by atoms with Crippen LogP contribution in [0.2, 0.25) is 0 Å². The van der Waals surface area contributed by atoms with Crippen LogP contribution in [0.15, 0.2) is 12.2 Å². The summed E-state index contributed by atoms with van der Waals surface area (Å²) in [6.45, 7) is 12.2. The van der Waals surface area contributed by atoms with E-state index in [-0.39, 0.29) is 12.1 Å². The molecule has 5 nitrogen and oxygen atoms in total. The van der Waals surface area contributed by atoms with Crippen molar-refractivity contribution in [2.75, 3.05) is 19.8 Å². The van der Waals surface area contributed by atoms with Crippen LogP contribution in [-0.2, 0) is 14.3 Å². The zero-order chi connectivity index (χ0) is 14.4. The van der Waals surface area contributed by atoms with Gasteiger partial charge in [0, 0.05) is 12.1 Å². The van der Waals surface area contributed by atoms with Gasteiger partial charge in [-0.1, -0.05) is 19.9 Å². The topological polar surface area (TPSA) is 64.6 Å². The van der Waals surface area contributed by atoms with Gasteiger partial charge in [0.2, 0.25) is 0 Å². The van der Waals surface area contributed by atoms with E-state index in [9.17, 15) is 9.59 Å². The maximum absolute atomic E-state index is 10.6. The molecule has 0 rings (SSSR count). The van der Waals surface area contributed by atoms with Crippen LogP contribution in [0, 0.1) is 0 Å². The molecular weight excluding hydrogens is 234 g/mol. The van der Waals surface area contributed by atoms with E-state index in [4.69, 9.17) is 0 Å². The molecule has 0 unspecified atom stereocenters. The van der Waals surface area contributed by atoms with E-state index in [2.05, 4.69) is 28.3 Å². The number of amides is 1. The molecule has 0 saturated carbocycles. The van der Waals surface area contributed by atoms with Crippen LogP contribution in [0.3, 0.4) is 0 Å². The smallest absolute Gasteiger partial charge is 0.407 e. The highest BCUT2D eigenvalue weighted by molar-refractivity contribution is 5.86. The van der Waals surface area contributed by atoms with Gasteiger partial charge >= 0.3 is 12.1 Å². The summed E-state index contributed by atoms with van der Waals surface area (Å²) in [5.74, 6) is -0.312. The molecule has 0 aromatic heterocycles. The minimum Gasteiger partial charge on any atom is -0.463 e. The third-order valence-corrected chi connectivity index (χ3v) is 1.70. The van der Waals surface area contributed by atoms with Crippen molar-refractivity contribution < 1.29 is 19.1 Å². The molecule has 1 N–H and O–H groups in total. The van der Waals surface area contributed by atoms with E-state index in [0.717, 1.165) is 19.4 Å². The first-order valence-electron chi connectivity index (χ1n) is 6.22. The van der Waals surface area contributed by atoms with Gasteiger partial charge in [-0.15, -0.1) is 0 Å². The summed E-state index contributed by atoms with van der Waals surface area (Å²) in [5.41, 5.74) is 0.451. The van der Waals surface area contributed by atoms with E-state index < -0.39 is 0 Å². The molecule has 18 heavy (non-hydrogen) atoms. The average Bonchev–Trinajstić information content (AvgIpc) is 2.31. The second kappa shape index (κ2) is 13.5. The van der Waals surface area contributed by atoms with Gasteiger partial charge < -0.3 is 14.8 Å². The maximum atomic E-state index is 10.6. The molecule has 0 heterocycles. The minimum atomic E-state index is -0.312. The van der Waals surface area contributed by atoms with E-state index in [0.29, 0.717) is 18.8 Å². The molecule has 0 aromatic rings. The number of unbranched alkanes of at least 4 members (excludes halogenated alkanes) is 1. The number of carbonyl (C=O) groups is 2. The molecule has 5 heteroatoms. The highest BCUT2D eigenvalue weighted by Crippen LogP contribution is 1.89. The van der Waals surface area contributed by atoms with Crippen LogP contribution in [0.1, 0.15) is 40.5 Å². The van der Waals surface area contributed by atoms with E-state index in [1.807, 2.05) is 0 Å². The molecule has 0 aromatic carbocycles. The lowest BCUT2D eigenvalue weighted by molar-refractivity contribution is -0.138. The van der Waals surface area contributed by atoms with Crippen molar-refractivity contribution in [2.45, 2.75) is 40.5 Å². The van der Waals surface area contributed by atoms with Crippen LogP contribution in [0.25, 0.3) is 0 Å². The number of rotatable bonds is 6. The Balaban J connectivity index is 0. The van der Waals surface area contributed by atoms with Gasteiger partial charge in [-0.25, -0.2) is 9.59 Å². The summed E-state index contributed by atoms with van der Waals surface area (Å²) in [6.07, 6.45) is 1.79.